The van der Waals surface area contributed by atoms with Gasteiger partial charge in [0.2, 0.25) is 0 Å². The summed E-state index contributed by atoms with van der Waals surface area (Å²) in [6, 6.07) is 2.17. The first-order valence-corrected chi connectivity index (χ1v) is 7.77. The first-order chi connectivity index (χ1) is 9.22. The van der Waals surface area contributed by atoms with Gasteiger partial charge in [0, 0.05) is 19.1 Å². The number of unbranched alkanes of at least 4 members (excludes halogenated alkanes) is 1. The highest BCUT2D eigenvalue weighted by Crippen LogP contribution is 2.20. The Kier molecular flexibility index (Phi) is 5.45. The molecule has 4 nitrogen and oxygen atoms in total. The molecule has 1 atom stereocenters. The summed E-state index contributed by atoms with van der Waals surface area (Å²) in [5.74, 6) is 0.0581. The van der Waals surface area contributed by atoms with Crippen molar-refractivity contribution >= 4 is 21.8 Å². The molecule has 0 bridgehead atoms. The first kappa shape index (κ1) is 14.6. The predicted molar refractivity (Wildman–Crippen MR) is 78.2 cm³/mol. The third-order valence-electron chi connectivity index (χ3n) is 3.52. The molecule has 0 radical (unpaired) electrons. The van der Waals surface area contributed by atoms with Gasteiger partial charge in [-0.15, -0.1) is 0 Å². The summed E-state index contributed by atoms with van der Waals surface area (Å²) in [7, 11) is 0. The lowest BCUT2D eigenvalue weighted by molar-refractivity contribution is 0.0737. The lowest BCUT2D eigenvalue weighted by Gasteiger charge is -2.25. The first-order valence-electron chi connectivity index (χ1n) is 6.98. The molecule has 1 N–H and O–H groups in total. The van der Waals surface area contributed by atoms with E-state index in [4.69, 9.17) is 4.42 Å². The molecular formula is C14H21BrN2O2. The van der Waals surface area contributed by atoms with Gasteiger partial charge in [-0.3, -0.25) is 4.79 Å². The number of nitrogens with zero attached hydrogens (tertiary/aromatic N) is 1. The Labute approximate surface area is 122 Å². The Morgan fingerprint density at radius 1 is 1.63 bits per heavy atom. The molecule has 1 fully saturated rings. The molecule has 0 aromatic carbocycles. The summed E-state index contributed by atoms with van der Waals surface area (Å²) in [5.41, 5.74) is 0.620. The Hall–Kier alpha value is -0.810. The van der Waals surface area contributed by atoms with Gasteiger partial charge >= 0.3 is 0 Å². The molecule has 1 aromatic heterocycles. The molecule has 0 aliphatic carbocycles. The van der Waals surface area contributed by atoms with E-state index in [1.54, 1.807) is 12.3 Å². The smallest absolute Gasteiger partial charge is 0.258 e. The van der Waals surface area contributed by atoms with Crippen LogP contribution in [0.3, 0.4) is 0 Å². The zero-order valence-electron chi connectivity index (χ0n) is 11.3. The van der Waals surface area contributed by atoms with Crippen LogP contribution in [0.4, 0.5) is 0 Å². The molecule has 1 aromatic rings. The van der Waals surface area contributed by atoms with Crippen LogP contribution < -0.4 is 5.32 Å². The van der Waals surface area contributed by atoms with E-state index in [1.807, 2.05) is 4.90 Å². The summed E-state index contributed by atoms with van der Waals surface area (Å²) in [6.07, 6.45) is 6.03. The summed E-state index contributed by atoms with van der Waals surface area (Å²) < 4.78 is 5.69. The van der Waals surface area contributed by atoms with Gasteiger partial charge < -0.3 is 14.6 Å². The third-order valence-corrected chi connectivity index (χ3v) is 4.13. The largest absolute Gasteiger partial charge is 0.457 e. The second-order valence-corrected chi connectivity index (χ2v) is 5.73. The van der Waals surface area contributed by atoms with Gasteiger partial charge in [0.25, 0.3) is 5.91 Å². The Morgan fingerprint density at radius 3 is 3.05 bits per heavy atom. The molecule has 19 heavy (non-hydrogen) atoms. The summed E-state index contributed by atoms with van der Waals surface area (Å²) in [5, 5.41) is 3.45. The van der Waals surface area contributed by atoms with Crippen LogP contribution in [0.2, 0.25) is 0 Å². The second kappa shape index (κ2) is 7.10. The highest BCUT2D eigenvalue weighted by Gasteiger charge is 2.24. The van der Waals surface area contributed by atoms with Crippen LogP contribution in [0.1, 0.15) is 43.0 Å². The molecule has 1 aliphatic rings. The van der Waals surface area contributed by atoms with E-state index in [2.05, 4.69) is 28.2 Å². The van der Waals surface area contributed by atoms with Crippen molar-refractivity contribution in [1.82, 2.24) is 10.2 Å². The fourth-order valence-electron chi connectivity index (χ4n) is 2.42. The number of hydrogen-bond donors (Lipinski definition) is 1. The van der Waals surface area contributed by atoms with Crippen molar-refractivity contribution in [3.8, 4) is 0 Å². The third kappa shape index (κ3) is 3.83. The van der Waals surface area contributed by atoms with E-state index in [1.165, 1.54) is 6.42 Å². The fraction of sp³-hybridized carbons (Fsp3) is 0.643. The summed E-state index contributed by atoms with van der Waals surface area (Å²) in [4.78, 5) is 14.5. The van der Waals surface area contributed by atoms with Crippen molar-refractivity contribution in [2.24, 2.45) is 0 Å². The molecule has 2 rings (SSSR count). The van der Waals surface area contributed by atoms with Crippen LogP contribution in [-0.2, 0) is 0 Å². The average molecular weight is 329 g/mol. The van der Waals surface area contributed by atoms with Gasteiger partial charge in [-0.05, 0) is 47.8 Å². The SMILES string of the molecule is CCCCN(CC1CCCN1)C(=O)c1ccoc1Br. The van der Waals surface area contributed by atoms with E-state index < -0.39 is 0 Å². The lowest BCUT2D eigenvalue weighted by atomic mass is 10.2. The maximum atomic E-state index is 12.5. The van der Waals surface area contributed by atoms with Crippen LogP contribution in [0.5, 0.6) is 0 Å². The fourth-order valence-corrected chi connectivity index (χ4v) is 2.83. The average Bonchev–Trinajstić information content (AvgIpc) is 3.05. The molecule has 5 heteroatoms. The molecule has 2 heterocycles. The zero-order valence-corrected chi connectivity index (χ0v) is 12.9. The maximum absolute atomic E-state index is 12.5. The Balaban J connectivity index is 2.03. The lowest BCUT2D eigenvalue weighted by Crippen LogP contribution is -2.41. The molecule has 106 valence electrons. The minimum atomic E-state index is 0.0581. The van der Waals surface area contributed by atoms with Crippen molar-refractivity contribution in [1.29, 1.82) is 0 Å². The molecule has 1 saturated heterocycles. The van der Waals surface area contributed by atoms with Gasteiger partial charge in [-0.25, -0.2) is 0 Å². The Morgan fingerprint density at radius 2 is 2.47 bits per heavy atom. The van der Waals surface area contributed by atoms with Gasteiger partial charge in [0.05, 0.1) is 11.8 Å². The zero-order chi connectivity index (χ0) is 13.7. The number of hydrogen-bond acceptors (Lipinski definition) is 3. The van der Waals surface area contributed by atoms with Crippen LogP contribution in [0.15, 0.2) is 21.4 Å². The minimum absolute atomic E-state index is 0.0581. The van der Waals surface area contributed by atoms with Gasteiger partial charge in [-0.2, -0.15) is 0 Å². The monoisotopic (exact) mass is 328 g/mol. The molecular weight excluding hydrogens is 308 g/mol. The van der Waals surface area contributed by atoms with E-state index in [0.717, 1.165) is 38.9 Å². The van der Waals surface area contributed by atoms with Crippen molar-refractivity contribution in [2.45, 2.75) is 38.6 Å². The Bertz CT molecular complexity index is 413. The quantitative estimate of drug-likeness (QED) is 0.873. The normalized spacial score (nSPS) is 18.7. The molecule has 1 aliphatic heterocycles. The summed E-state index contributed by atoms with van der Waals surface area (Å²) in [6.45, 7) is 4.81. The topological polar surface area (TPSA) is 45.5 Å². The van der Waals surface area contributed by atoms with Crippen molar-refractivity contribution in [2.75, 3.05) is 19.6 Å². The van der Waals surface area contributed by atoms with E-state index in [0.29, 0.717) is 16.3 Å². The van der Waals surface area contributed by atoms with Gasteiger partial charge in [0.1, 0.15) is 0 Å². The van der Waals surface area contributed by atoms with Crippen molar-refractivity contribution in [3.05, 3.63) is 22.6 Å². The number of carbonyl (C=O) groups is 1. The molecule has 1 amide bonds. The van der Waals surface area contributed by atoms with Gasteiger partial charge in [0.15, 0.2) is 4.67 Å². The molecule has 1 unspecified atom stereocenters. The van der Waals surface area contributed by atoms with E-state index in [-0.39, 0.29) is 5.91 Å². The van der Waals surface area contributed by atoms with E-state index in [9.17, 15) is 4.79 Å². The standard InChI is InChI=1S/C14H21BrN2O2/c1-2-3-8-17(10-11-5-4-7-16-11)14(18)12-6-9-19-13(12)15/h6,9,11,16H,2-5,7-8,10H2,1H3. The van der Waals surface area contributed by atoms with Gasteiger partial charge in [-0.1, -0.05) is 13.3 Å². The maximum Gasteiger partial charge on any atom is 0.258 e. The number of furan rings is 1. The number of rotatable bonds is 6. The minimum Gasteiger partial charge on any atom is -0.457 e. The number of carbonyl (C=O) groups excluding carboxylic acids is 1. The molecule has 0 spiro atoms. The van der Waals surface area contributed by atoms with Crippen LogP contribution >= 0.6 is 15.9 Å². The number of halogens is 1. The van der Waals surface area contributed by atoms with Crippen LogP contribution in [-0.4, -0.2) is 36.5 Å². The summed E-state index contributed by atoms with van der Waals surface area (Å²) >= 11 is 3.29. The predicted octanol–water partition coefficient (Wildman–Crippen LogP) is 3.04. The van der Waals surface area contributed by atoms with E-state index >= 15 is 0 Å². The second-order valence-electron chi connectivity index (χ2n) is 5.01. The molecule has 0 saturated carbocycles. The number of nitrogens with one attached hydrogen (secondary N) is 1. The highest BCUT2D eigenvalue weighted by atomic mass is 79.9. The van der Waals surface area contributed by atoms with Crippen LogP contribution in [0, 0.1) is 0 Å². The number of amides is 1. The van der Waals surface area contributed by atoms with Crippen LogP contribution in [0.25, 0.3) is 0 Å². The highest BCUT2D eigenvalue weighted by molar-refractivity contribution is 9.10. The van der Waals surface area contributed by atoms with Crippen molar-refractivity contribution in [3.63, 3.8) is 0 Å². The van der Waals surface area contributed by atoms with Crippen molar-refractivity contribution < 1.29 is 9.21 Å².